The average Bonchev–Trinajstić information content (AvgIpc) is 3.08. The first-order valence-corrected chi connectivity index (χ1v) is 11.8. The number of allylic oxidation sites excluding steroid dienone is 3. The molecule has 0 saturated carbocycles. The number of nitrogens with two attached hydrogens (primary N) is 1. The minimum atomic E-state index is -0.554. The molecule has 2 aromatic rings. The lowest BCUT2D eigenvalue weighted by atomic mass is 9.76. The van der Waals surface area contributed by atoms with E-state index in [0.717, 1.165) is 22.8 Å². The van der Waals surface area contributed by atoms with E-state index in [9.17, 15) is 10.1 Å². The van der Waals surface area contributed by atoms with Crippen molar-refractivity contribution in [1.29, 1.82) is 5.26 Å². The van der Waals surface area contributed by atoms with E-state index in [1.54, 1.807) is 34.9 Å². The van der Waals surface area contributed by atoms with Crippen molar-refractivity contribution in [2.45, 2.75) is 44.1 Å². The Morgan fingerprint density at radius 1 is 1.32 bits per heavy atom. The number of nitrogens with zero attached hydrogens (tertiary/aromatic N) is 2. The van der Waals surface area contributed by atoms with Gasteiger partial charge in [0.25, 0.3) is 0 Å². The Hall–Kier alpha value is -2.33. The number of benzene rings is 1. The van der Waals surface area contributed by atoms with Crippen LogP contribution in [0.15, 0.2) is 56.4 Å². The highest BCUT2D eigenvalue weighted by Gasteiger charge is 2.42. The molecule has 0 fully saturated rings. The van der Waals surface area contributed by atoms with Crippen LogP contribution in [0.2, 0.25) is 10.0 Å². The molecule has 8 heteroatoms. The van der Waals surface area contributed by atoms with Gasteiger partial charge in [0.2, 0.25) is 0 Å². The number of thioether (sulfide) groups is 1. The lowest BCUT2D eigenvalue weighted by molar-refractivity contribution is -0.116. The fourth-order valence-electron chi connectivity index (χ4n) is 4.29. The molecule has 160 valence electrons. The zero-order valence-corrected chi connectivity index (χ0v) is 19.5. The minimum absolute atomic E-state index is 0.0212. The maximum atomic E-state index is 13.2. The number of halogens is 2. The highest BCUT2D eigenvalue weighted by atomic mass is 35.5. The molecule has 0 radical (unpaired) electrons. The van der Waals surface area contributed by atoms with Crippen LogP contribution in [-0.2, 0) is 4.79 Å². The lowest BCUT2D eigenvalue weighted by Gasteiger charge is -2.39. The van der Waals surface area contributed by atoms with Gasteiger partial charge in [0.05, 0.1) is 28.3 Å². The molecule has 4 rings (SSSR count). The van der Waals surface area contributed by atoms with Crippen molar-refractivity contribution in [1.82, 2.24) is 0 Å². The van der Waals surface area contributed by atoms with E-state index in [4.69, 9.17) is 33.4 Å². The minimum Gasteiger partial charge on any atom is -0.455 e. The average molecular weight is 474 g/mol. The monoisotopic (exact) mass is 473 g/mol. The van der Waals surface area contributed by atoms with Crippen molar-refractivity contribution < 1.29 is 9.21 Å². The van der Waals surface area contributed by atoms with E-state index in [0.29, 0.717) is 51.2 Å². The summed E-state index contributed by atoms with van der Waals surface area (Å²) in [7, 11) is 0. The number of carbonyl (C=O) groups excluding carboxylic acids is 1. The number of nitriles is 1. The third-order valence-corrected chi connectivity index (χ3v) is 6.91. The van der Waals surface area contributed by atoms with Crippen LogP contribution >= 0.6 is 35.0 Å². The van der Waals surface area contributed by atoms with Crippen LogP contribution in [0.25, 0.3) is 0 Å². The number of ketones is 1. The highest BCUT2D eigenvalue weighted by molar-refractivity contribution is 7.99. The van der Waals surface area contributed by atoms with Gasteiger partial charge < -0.3 is 10.2 Å². The molecule has 1 unspecified atom stereocenters. The predicted molar refractivity (Wildman–Crippen MR) is 124 cm³/mol. The number of furan rings is 1. The second kappa shape index (κ2) is 8.66. The van der Waals surface area contributed by atoms with E-state index < -0.39 is 5.92 Å². The molecule has 2 heterocycles. The Bertz CT molecular complexity index is 1180. The summed E-state index contributed by atoms with van der Waals surface area (Å²) >= 11 is 14.1. The zero-order valence-electron chi connectivity index (χ0n) is 17.2. The van der Waals surface area contributed by atoms with Crippen molar-refractivity contribution >= 4 is 46.4 Å². The van der Waals surface area contributed by atoms with Crippen molar-refractivity contribution in [2.75, 3.05) is 10.7 Å². The fourth-order valence-corrected chi connectivity index (χ4v) is 5.58. The van der Waals surface area contributed by atoms with E-state index in [1.165, 1.54) is 0 Å². The first-order chi connectivity index (χ1) is 14.9. The fraction of sp³-hybridized carbons (Fsp3) is 0.304. The maximum absolute atomic E-state index is 13.2. The van der Waals surface area contributed by atoms with Crippen molar-refractivity contribution in [3.8, 4) is 6.07 Å². The molecule has 0 bridgehead atoms. The maximum Gasteiger partial charge on any atom is 0.164 e. The van der Waals surface area contributed by atoms with Gasteiger partial charge in [0, 0.05) is 28.3 Å². The van der Waals surface area contributed by atoms with Crippen LogP contribution in [0, 0.1) is 18.3 Å². The molecule has 0 spiro atoms. The number of rotatable bonds is 4. The summed E-state index contributed by atoms with van der Waals surface area (Å²) in [5, 5.41) is 11.7. The molecule has 1 aromatic carbocycles. The van der Waals surface area contributed by atoms with Gasteiger partial charge in [-0.25, -0.2) is 0 Å². The van der Waals surface area contributed by atoms with Gasteiger partial charge >= 0.3 is 0 Å². The summed E-state index contributed by atoms with van der Waals surface area (Å²) in [6.45, 7) is 3.90. The van der Waals surface area contributed by atoms with Gasteiger partial charge in [-0.05, 0) is 49.8 Å². The van der Waals surface area contributed by atoms with Gasteiger partial charge in [0.1, 0.15) is 11.6 Å². The summed E-state index contributed by atoms with van der Waals surface area (Å²) in [5.41, 5.74) is 9.71. The van der Waals surface area contributed by atoms with Crippen LogP contribution < -0.4 is 10.6 Å². The summed E-state index contributed by atoms with van der Waals surface area (Å²) in [6, 6.07) is 9.29. The number of hydrogen-bond donors (Lipinski definition) is 1. The summed E-state index contributed by atoms with van der Waals surface area (Å²) in [5.74, 6) is 1.28. The van der Waals surface area contributed by atoms with Crippen LogP contribution in [0.3, 0.4) is 0 Å². The molecule has 1 aliphatic heterocycles. The lowest BCUT2D eigenvalue weighted by Crippen LogP contribution is -2.38. The Labute approximate surface area is 195 Å². The van der Waals surface area contributed by atoms with E-state index >= 15 is 0 Å². The SMILES string of the molecule is CCSc1oc(C)cc1C1C(C#N)=C(N)N(c2ccc(Cl)cc2Cl)C2=C1C(=O)CCC2. The third-order valence-electron chi connectivity index (χ3n) is 5.50. The summed E-state index contributed by atoms with van der Waals surface area (Å²) in [6.07, 6.45) is 1.80. The van der Waals surface area contributed by atoms with Crippen molar-refractivity contribution in [3.63, 3.8) is 0 Å². The van der Waals surface area contributed by atoms with Gasteiger partial charge in [-0.15, -0.1) is 0 Å². The molecular formula is C23H21Cl2N3O2S. The second-order valence-electron chi connectivity index (χ2n) is 7.44. The molecule has 5 nitrogen and oxygen atoms in total. The molecule has 31 heavy (non-hydrogen) atoms. The summed E-state index contributed by atoms with van der Waals surface area (Å²) < 4.78 is 5.90. The van der Waals surface area contributed by atoms with E-state index in [1.807, 2.05) is 19.9 Å². The van der Waals surface area contributed by atoms with Crippen LogP contribution in [0.5, 0.6) is 0 Å². The Balaban J connectivity index is 1.99. The van der Waals surface area contributed by atoms with Crippen molar-refractivity contribution in [2.24, 2.45) is 5.73 Å². The number of anilines is 1. The smallest absolute Gasteiger partial charge is 0.164 e. The molecular weight excluding hydrogens is 453 g/mol. The van der Waals surface area contributed by atoms with E-state index in [-0.39, 0.29) is 11.6 Å². The Morgan fingerprint density at radius 2 is 2.10 bits per heavy atom. The Kier molecular flexibility index (Phi) is 6.11. The highest BCUT2D eigenvalue weighted by Crippen LogP contribution is 2.49. The molecule has 0 saturated heterocycles. The molecule has 1 aromatic heterocycles. The standard InChI is InChI=1S/C23H21Cl2N3O2S/c1-3-31-23-14(9-12(2)30-23)20-15(11-26)22(27)28(17-8-7-13(24)10-16(17)25)18-5-4-6-19(29)21(18)20/h7-10,20H,3-6,27H2,1-2H3. The number of Topliss-reactive ketones (excluding diaryl/α,β-unsaturated/α-hetero) is 1. The van der Waals surface area contributed by atoms with Crippen LogP contribution in [0.1, 0.15) is 43.4 Å². The van der Waals surface area contributed by atoms with Crippen molar-refractivity contribution in [3.05, 3.63) is 68.3 Å². The van der Waals surface area contributed by atoms with Crippen LogP contribution in [0.4, 0.5) is 5.69 Å². The van der Waals surface area contributed by atoms with Gasteiger partial charge in [-0.1, -0.05) is 41.9 Å². The van der Waals surface area contributed by atoms with Gasteiger partial charge in [0.15, 0.2) is 10.9 Å². The normalized spacial score (nSPS) is 19.0. The van der Waals surface area contributed by atoms with Gasteiger partial charge in [-0.3, -0.25) is 9.69 Å². The number of carbonyl (C=O) groups is 1. The second-order valence-corrected chi connectivity index (χ2v) is 9.53. The first-order valence-electron chi connectivity index (χ1n) is 10.0. The molecule has 0 amide bonds. The molecule has 2 N–H and O–H groups in total. The zero-order chi connectivity index (χ0) is 22.3. The topological polar surface area (TPSA) is 83.3 Å². The first kappa shape index (κ1) is 21.9. The Morgan fingerprint density at radius 3 is 2.77 bits per heavy atom. The summed E-state index contributed by atoms with van der Waals surface area (Å²) in [4.78, 5) is 15.0. The largest absolute Gasteiger partial charge is 0.455 e. The molecule has 2 aliphatic rings. The molecule has 1 aliphatic carbocycles. The molecule has 1 atom stereocenters. The number of hydrogen-bond acceptors (Lipinski definition) is 6. The quantitative estimate of drug-likeness (QED) is 0.523. The van der Waals surface area contributed by atoms with Gasteiger partial charge in [-0.2, -0.15) is 5.26 Å². The van der Waals surface area contributed by atoms with E-state index in [2.05, 4.69) is 6.07 Å². The third kappa shape index (κ3) is 3.76. The van der Waals surface area contributed by atoms with Crippen LogP contribution in [-0.4, -0.2) is 11.5 Å². The predicted octanol–water partition coefficient (Wildman–Crippen LogP) is 6.31. The number of aryl methyl sites for hydroxylation is 1.